The molecule has 1 aromatic carbocycles. The summed E-state index contributed by atoms with van der Waals surface area (Å²) in [7, 11) is 0. The normalized spacial score (nSPS) is 20.4. The quantitative estimate of drug-likeness (QED) is 0.911. The molecular formula is C18H21N3O3. The summed E-state index contributed by atoms with van der Waals surface area (Å²) >= 11 is 0. The first-order chi connectivity index (χ1) is 11.7. The van der Waals surface area contributed by atoms with Crippen LogP contribution in [0.4, 0.5) is 0 Å². The van der Waals surface area contributed by atoms with Gasteiger partial charge in [0, 0.05) is 25.1 Å². The van der Waals surface area contributed by atoms with Crippen molar-refractivity contribution in [3.63, 3.8) is 0 Å². The Morgan fingerprint density at radius 1 is 1.21 bits per heavy atom. The van der Waals surface area contributed by atoms with E-state index in [1.807, 2.05) is 11.0 Å². The molecule has 2 fully saturated rings. The molecule has 1 aliphatic heterocycles. The van der Waals surface area contributed by atoms with Gasteiger partial charge in [0.2, 0.25) is 0 Å². The summed E-state index contributed by atoms with van der Waals surface area (Å²) in [5, 5.41) is 7.63. The van der Waals surface area contributed by atoms with E-state index in [4.69, 9.17) is 4.74 Å². The standard InChI is InChI=1S/C18H21N3O3/c22-17-15-6-2-1-5-14(15)16(19-20-17)18(23)21(10-12-7-8-12)11-13-4-3-9-24-13/h1-2,5-6,12-13H,3-4,7-11H2,(H,20,22). The number of aromatic nitrogens is 2. The van der Waals surface area contributed by atoms with E-state index in [2.05, 4.69) is 10.2 Å². The molecule has 1 amide bonds. The second kappa shape index (κ2) is 6.36. The predicted molar refractivity (Wildman–Crippen MR) is 90.0 cm³/mol. The molecule has 1 saturated carbocycles. The van der Waals surface area contributed by atoms with E-state index in [-0.39, 0.29) is 17.6 Å². The molecule has 126 valence electrons. The number of carbonyl (C=O) groups excluding carboxylic acids is 1. The maximum Gasteiger partial charge on any atom is 0.275 e. The summed E-state index contributed by atoms with van der Waals surface area (Å²) in [5.41, 5.74) is 0.0545. The number of nitrogens with zero attached hydrogens (tertiary/aromatic N) is 2. The van der Waals surface area contributed by atoms with Crippen molar-refractivity contribution in [1.29, 1.82) is 0 Å². The minimum atomic E-state index is -0.269. The van der Waals surface area contributed by atoms with Crippen LogP contribution in [0.5, 0.6) is 0 Å². The molecule has 6 nitrogen and oxygen atoms in total. The van der Waals surface area contributed by atoms with E-state index in [1.54, 1.807) is 18.2 Å². The lowest BCUT2D eigenvalue weighted by molar-refractivity contribution is 0.0511. The molecule has 1 aliphatic carbocycles. The van der Waals surface area contributed by atoms with Gasteiger partial charge in [0.05, 0.1) is 11.5 Å². The highest BCUT2D eigenvalue weighted by Gasteiger charge is 2.31. The van der Waals surface area contributed by atoms with Gasteiger partial charge in [-0.25, -0.2) is 5.10 Å². The van der Waals surface area contributed by atoms with Crippen LogP contribution in [-0.2, 0) is 4.74 Å². The van der Waals surface area contributed by atoms with Crippen LogP contribution >= 0.6 is 0 Å². The van der Waals surface area contributed by atoms with Crippen molar-refractivity contribution in [2.24, 2.45) is 5.92 Å². The van der Waals surface area contributed by atoms with Gasteiger partial charge in [0.25, 0.3) is 11.5 Å². The maximum absolute atomic E-state index is 13.1. The SMILES string of the molecule is O=C(c1n[nH]c(=O)c2ccccc12)N(CC1CC1)CC1CCCO1. The van der Waals surface area contributed by atoms with Crippen LogP contribution in [-0.4, -0.2) is 46.8 Å². The summed E-state index contributed by atoms with van der Waals surface area (Å²) < 4.78 is 5.71. The zero-order valence-electron chi connectivity index (χ0n) is 13.5. The Labute approximate surface area is 139 Å². The minimum Gasteiger partial charge on any atom is -0.376 e. The van der Waals surface area contributed by atoms with Gasteiger partial charge in [-0.05, 0) is 37.7 Å². The molecule has 1 N–H and O–H groups in total. The monoisotopic (exact) mass is 327 g/mol. The highest BCUT2D eigenvalue weighted by Crippen LogP contribution is 2.31. The molecule has 1 atom stereocenters. The first kappa shape index (κ1) is 15.3. The number of ether oxygens (including phenoxy) is 1. The number of hydrogen-bond donors (Lipinski definition) is 1. The Hall–Kier alpha value is -2.21. The highest BCUT2D eigenvalue weighted by atomic mass is 16.5. The topological polar surface area (TPSA) is 75.3 Å². The van der Waals surface area contributed by atoms with Crippen molar-refractivity contribution < 1.29 is 9.53 Å². The van der Waals surface area contributed by atoms with Crippen molar-refractivity contribution >= 4 is 16.7 Å². The fraction of sp³-hybridized carbons (Fsp3) is 0.500. The molecule has 0 spiro atoms. The molecule has 24 heavy (non-hydrogen) atoms. The van der Waals surface area contributed by atoms with E-state index < -0.39 is 0 Å². The number of aromatic amines is 1. The summed E-state index contributed by atoms with van der Waals surface area (Å²) in [6.45, 7) is 2.12. The first-order valence-electron chi connectivity index (χ1n) is 8.60. The van der Waals surface area contributed by atoms with Crippen molar-refractivity contribution in [3.8, 4) is 0 Å². The lowest BCUT2D eigenvalue weighted by Gasteiger charge is -2.25. The lowest BCUT2D eigenvalue weighted by atomic mass is 10.1. The van der Waals surface area contributed by atoms with Gasteiger partial charge in [-0.15, -0.1) is 0 Å². The molecule has 2 aliphatic rings. The Morgan fingerprint density at radius 2 is 2.00 bits per heavy atom. The molecule has 2 aromatic rings. The van der Waals surface area contributed by atoms with Crippen LogP contribution in [0.3, 0.4) is 0 Å². The largest absolute Gasteiger partial charge is 0.376 e. The molecule has 1 saturated heterocycles. The maximum atomic E-state index is 13.1. The molecule has 4 rings (SSSR count). The van der Waals surface area contributed by atoms with Crippen LogP contribution < -0.4 is 5.56 Å². The highest BCUT2D eigenvalue weighted by molar-refractivity contribution is 6.04. The van der Waals surface area contributed by atoms with Gasteiger partial charge in [0.1, 0.15) is 0 Å². The van der Waals surface area contributed by atoms with Gasteiger partial charge >= 0.3 is 0 Å². The van der Waals surface area contributed by atoms with Crippen LogP contribution in [0.15, 0.2) is 29.1 Å². The summed E-state index contributed by atoms with van der Waals surface area (Å²) in [6, 6.07) is 7.12. The van der Waals surface area contributed by atoms with Gasteiger partial charge in [-0.1, -0.05) is 18.2 Å². The second-order valence-electron chi connectivity index (χ2n) is 6.74. The number of carbonyl (C=O) groups is 1. The third kappa shape index (κ3) is 3.06. The summed E-state index contributed by atoms with van der Waals surface area (Å²) in [5.74, 6) is 0.467. The second-order valence-corrected chi connectivity index (χ2v) is 6.74. The minimum absolute atomic E-state index is 0.113. The Kier molecular flexibility index (Phi) is 4.06. The van der Waals surface area contributed by atoms with Crippen molar-refractivity contribution in [2.75, 3.05) is 19.7 Å². The molecule has 2 heterocycles. The van der Waals surface area contributed by atoms with Crippen molar-refractivity contribution in [1.82, 2.24) is 15.1 Å². The van der Waals surface area contributed by atoms with Crippen LogP contribution in [0, 0.1) is 5.92 Å². The number of hydrogen-bond acceptors (Lipinski definition) is 4. The van der Waals surface area contributed by atoms with Gasteiger partial charge < -0.3 is 9.64 Å². The number of H-pyrrole nitrogens is 1. The predicted octanol–water partition coefficient (Wildman–Crippen LogP) is 1.95. The van der Waals surface area contributed by atoms with E-state index in [9.17, 15) is 9.59 Å². The van der Waals surface area contributed by atoms with Crippen LogP contribution in [0.2, 0.25) is 0 Å². The fourth-order valence-corrected chi connectivity index (χ4v) is 3.31. The number of benzene rings is 1. The molecule has 6 heteroatoms. The molecule has 0 bridgehead atoms. The van der Waals surface area contributed by atoms with Gasteiger partial charge in [-0.2, -0.15) is 5.10 Å². The van der Waals surface area contributed by atoms with Crippen LogP contribution in [0.1, 0.15) is 36.2 Å². The average molecular weight is 327 g/mol. The molecule has 1 unspecified atom stereocenters. The Bertz CT molecular complexity index is 807. The van der Waals surface area contributed by atoms with Crippen molar-refractivity contribution in [2.45, 2.75) is 31.8 Å². The van der Waals surface area contributed by atoms with E-state index in [1.165, 1.54) is 12.8 Å². The first-order valence-corrected chi connectivity index (χ1v) is 8.60. The van der Waals surface area contributed by atoms with E-state index in [0.717, 1.165) is 26.0 Å². The number of nitrogens with one attached hydrogen (secondary N) is 1. The van der Waals surface area contributed by atoms with Gasteiger partial charge in [-0.3, -0.25) is 9.59 Å². The Morgan fingerprint density at radius 3 is 2.71 bits per heavy atom. The number of fused-ring (bicyclic) bond motifs is 1. The van der Waals surface area contributed by atoms with E-state index in [0.29, 0.717) is 28.9 Å². The zero-order valence-corrected chi connectivity index (χ0v) is 13.5. The number of rotatable bonds is 5. The van der Waals surface area contributed by atoms with Crippen LogP contribution in [0.25, 0.3) is 10.8 Å². The molecule has 1 aromatic heterocycles. The zero-order chi connectivity index (χ0) is 16.5. The Balaban J connectivity index is 1.66. The van der Waals surface area contributed by atoms with Gasteiger partial charge in [0.15, 0.2) is 5.69 Å². The van der Waals surface area contributed by atoms with E-state index >= 15 is 0 Å². The fourth-order valence-electron chi connectivity index (χ4n) is 3.31. The molecular weight excluding hydrogens is 306 g/mol. The number of amides is 1. The smallest absolute Gasteiger partial charge is 0.275 e. The summed E-state index contributed by atoms with van der Waals surface area (Å²) in [4.78, 5) is 26.9. The third-order valence-corrected chi connectivity index (χ3v) is 4.81. The lowest BCUT2D eigenvalue weighted by Crippen LogP contribution is -2.39. The van der Waals surface area contributed by atoms with Crippen molar-refractivity contribution in [3.05, 3.63) is 40.3 Å². The summed E-state index contributed by atoms with van der Waals surface area (Å²) in [6.07, 6.45) is 4.51. The average Bonchev–Trinajstić information content (AvgIpc) is 3.27. The molecule has 0 radical (unpaired) electrons. The third-order valence-electron chi connectivity index (χ3n) is 4.81.